The maximum Gasteiger partial charge on any atom is 0.339 e. The number of carbonyl (C=O) groups excluding carboxylic acids is 1. The van der Waals surface area contributed by atoms with Gasteiger partial charge < -0.3 is 14.6 Å². The molecule has 4 heteroatoms. The summed E-state index contributed by atoms with van der Waals surface area (Å²) in [6, 6.07) is 5.27. The van der Waals surface area contributed by atoms with Crippen LogP contribution in [0.1, 0.15) is 24.2 Å². The van der Waals surface area contributed by atoms with Gasteiger partial charge in [-0.25, -0.2) is 4.79 Å². The van der Waals surface area contributed by atoms with E-state index in [0.29, 0.717) is 11.3 Å². The van der Waals surface area contributed by atoms with Gasteiger partial charge in [0.25, 0.3) is 0 Å². The lowest BCUT2D eigenvalue weighted by molar-refractivity contribution is -0.153. The maximum atomic E-state index is 11.4. The fourth-order valence-corrected chi connectivity index (χ4v) is 1.42. The van der Waals surface area contributed by atoms with Crippen molar-refractivity contribution < 1.29 is 19.4 Å². The predicted octanol–water partition coefficient (Wildman–Crippen LogP) is 1.60. The predicted molar refractivity (Wildman–Crippen MR) is 59.3 cm³/mol. The monoisotopic (exact) mass is 224 g/mol. The number of methoxy groups -OCH3 is 1. The summed E-state index contributed by atoms with van der Waals surface area (Å²) in [5.41, 5.74) is 1.38. The van der Waals surface area contributed by atoms with Crippen LogP contribution in [0.3, 0.4) is 0 Å². The Morgan fingerprint density at radius 3 is 2.75 bits per heavy atom. The number of aliphatic hydroxyl groups is 1. The van der Waals surface area contributed by atoms with Crippen LogP contribution in [-0.2, 0) is 9.53 Å². The minimum atomic E-state index is -1.30. The molecule has 4 nitrogen and oxygen atoms in total. The number of benzene rings is 1. The highest BCUT2D eigenvalue weighted by Gasteiger charge is 2.22. The smallest absolute Gasteiger partial charge is 0.339 e. The third-order valence-corrected chi connectivity index (χ3v) is 2.19. The molecule has 0 amide bonds. The quantitative estimate of drug-likeness (QED) is 0.789. The van der Waals surface area contributed by atoms with E-state index in [0.717, 1.165) is 5.56 Å². The van der Waals surface area contributed by atoms with Gasteiger partial charge in [-0.3, -0.25) is 0 Å². The molecule has 0 saturated heterocycles. The Hall–Kier alpha value is -1.55. The van der Waals surface area contributed by atoms with Gasteiger partial charge in [0.05, 0.1) is 13.7 Å². The Bertz CT molecular complexity index is 373. The molecule has 1 aromatic carbocycles. The summed E-state index contributed by atoms with van der Waals surface area (Å²) in [6.45, 7) is 3.81. The molecule has 0 aromatic heterocycles. The molecule has 1 aromatic rings. The van der Waals surface area contributed by atoms with Gasteiger partial charge in [0, 0.05) is 5.56 Å². The van der Waals surface area contributed by atoms with Crippen LogP contribution in [0.5, 0.6) is 5.75 Å². The van der Waals surface area contributed by atoms with Gasteiger partial charge >= 0.3 is 5.97 Å². The van der Waals surface area contributed by atoms with Gasteiger partial charge in [-0.1, -0.05) is 11.6 Å². The summed E-state index contributed by atoms with van der Waals surface area (Å²) in [4.78, 5) is 11.4. The third kappa shape index (κ3) is 2.73. The van der Waals surface area contributed by atoms with Crippen molar-refractivity contribution in [2.45, 2.75) is 20.0 Å². The first-order valence-corrected chi connectivity index (χ1v) is 5.09. The average Bonchev–Trinajstić information content (AvgIpc) is 2.28. The van der Waals surface area contributed by atoms with E-state index >= 15 is 0 Å². The zero-order chi connectivity index (χ0) is 12.1. The van der Waals surface area contributed by atoms with Crippen molar-refractivity contribution in [1.82, 2.24) is 0 Å². The molecule has 1 atom stereocenters. The molecule has 1 N–H and O–H groups in total. The van der Waals surface area contributed by atoms with Crippen LogP contribution in [0.2, 0.25) is 0 Å². The van der Waals surface area contributed by atoms with Crippen LogP contribution in [0.25, 0.3) is 0 Å². The Labute approximate surface area is 94.8 Å². The van der Waals surface area contributed by atoms with Crippen molar-refractivity contribution in [1.29, 1.82) is 0 Å². The second-order valence-electron chi connectivity index (χ2n) is 3.40. The summed E-state index contributed by atoms with van der Waals surface area (Å²) in [6.07, 6.45) is -1.30. The van der Waals surface area contributed by atoms with Crippen LogP contribution in [0, 0.1) is 6.92 Å². The normalized spacial score (nSPS) is 12.0. The highest BCUT2D eigenvalue weighted by atomic mass is 16.5. The number of ether oxygens (including phenoxy) is 2. The molecule has 0 fully saturated rings. The van der Waals surface area contributed by atoms with Crippen molar-refractivity contribution in [3.8, 4) is 5.75 Å². The van der Waals surface area contributed by atoms with Crippen molar-refractivity contribution in [3.05, 3.63) is 29.3 Å². The Morgan fingerprint density at radius 2 is 2.19 bits per heavy atom. The number of rotatable bonds is 4. The van der Waals surface area contributed by atoms with Crippen molar-refractivity contribution in [2.24, 2.45) is 0 Å². The van der Waals surface area contributed by atoms with Gasteiger partial charge in [0.15, 0.2) is 6.10 Å². The van der Waals surface area contributed by atoms with Crippen molar-refractivity contribution in [3.63, 3.8) is 0 Å². The highest BCUT2D eigenvalue weighted by Crippen LogP contribution is 2.26. The summed E-state index contributed by atoms with van der Waals surface area (Å²) in [5, 5.41) is 9.80. The minimum absolute atomic E-state index is 0.240. The van der Waals surface area contributed by atoms with E-state index in [9.17, 15) is 9.90 Å². The molecular formula is C12H16O4. The fourth-order valence-electron chi connectivity index (χ4n) is 1.42. The zero-order valence-corrected chi connectivity index (χ0v) is 9.69. The summed E-state index contributed by atoms with van der Waals surface area (Å²) in [7, 11) is 1.49. The first-order chi connectivity index (χ1) is 7.60. The van der Waals surface area contributed by atoms with E-state index in [1.807, 2.05) is 13.0 Å². The first kappa shape index (κ1) is 12.5. The largest absolute Gasteiger partial charge is 0.496 e. The molecular weight excluding hydrogens is 208 g/mol. The van der Waals surface area contributed by atoms with Crippen molar-refractivity contribution in [2.75, 3.05) is 13.7 Å². The molecule has 88 valence electrons. The molecule has 0 spiro atoms. The SMILES string of the molecule is CCOC(=O)C(O)c1cc(C)ccc1OC. The number of aryl methyl sites for hydroxylation is 1. The average molecular weight is 224 g/mol. The standard InChI is InChI=1S/C12H16O4/c1-4-16-12(14)11(13)9-7-8(2)5-6-10(9)15-3/h5-7,11,13H,4H2,1-3H3. The molecule has 1 rings (SSSR count). The maximum absolute atomic E-state index is 11.4. The molecule has 0 bridgehead atoms. The van der Waals surface area contributed by atoms with Crippen LogP contribution in [-0.4, -0.2) is 24.8 Å². The molecule has 0 aliphatic heterocycles. The van der Waals surface area contributed by atoms with E-state index in [4.69, 9.17) is 9.47 Å². The topological polar surface area (TPSA) is 55.8 Å². The van der Waals surface area contributed by atoms with Crippen LogP contribution in [0.15, 0.2) is 18.2 Å². The molecule has 0 saturated carbocycles. The summed E-state index contributed by atoms with van der Waals surface area (Å²) < 4.78 is 9.83. The zero-order valence-electron chi connectivity index (χ0n) is 9.69. The summed E-state index contributed by atoms with van der Waals surface area (Å²) in [5.74, 6) is -0.183. The second kappa shape index (κ2) is 5.51. The number of esters is 1. The summed E-state index contributed by atoms with van der Waals surface area (Å²) >= 11 is 0. The van der Waals surface area contributed by atoms with E-state index < -0.39 is 12.1 Å². The van der Waals surface area contributed by atoms with Gasteiger partial charge in [0.2, 0.25) is 0 Å². The van der Waals surface area contributed by atoms with Gasteiger partial charge in [-0.15, -0.1) is 0 Å². The molecule has 1 unspecified atom stereocenters. The van der Waals surface area contributed by atoms with E-state index in [1.54, 1.807) is 19.1 Å². The van der Waals surface area contributed by atoms with Crippen molar-refractivity contribution >= 4 is 5.97 Å². The molecule has 0 aliphatic carbocycles. The number of hydrogen-bond donors (Lipinski definition) is 1. The van der Waals surface area contributed by atoms with Gasteiger partial charge in [-0.2, -0.15) is 0 Å². The Morgan fingerprint density at radius 1 is 1.50 bits per heavy atom. The molecule has 0 heterocycles. The third-order valence-electron chi connectivity index (χ3n) is 2.19. The number of hydrogen-bond acceptors (Lipinski definition) is 4. The highest BCUT2D eigenvalue weighted by molar-refractivity contribution is 5.77. The Kier molecular flexibility index (Phi) is 4.31. The Balaban J connectivity index is 3.01. The van der Waals surface area contributed by atoms with Gasteiger partial charge in [-0.05, 0) is 26.0 Å². The first-order valence-electron chi connectivity index (χ1n) is 5.09. The lowest BCUT2D eigenvalue weighted by atomic mass is 10.1. The van der Waals surface area contributed by atoms with E-state index in [-0.39, 0.29) is 6.61 Å². The van der Waals surface area contributed by atoms with E-state index in [2.05, 4.69) is 0 Å². The minimum Gasteiger partial charge on any atom is -0.496 e. The fraction of sp³-hybridized carbons (Fsp3) is 0.417. The van der Waals surface area contributed by atoms with Crippen LogP contribution in [0.4, 0.5) is 0 Å². The van der Waals surface area contributed by atoms with E-state index in [1.165, 1.54) is 7.11 Å². The lowest BCUT2D eigenvalue weighted by Crippen LogP contribution is -2.16. The number of aliphatic hydroxyl groups excluding tert-OH is 1. The molecule has 0 aliphatic rings. The molecule has 0 radical (unpaired) electrons. The van der Waals surface area contributed by atoms with Crippen LogP contribution >= 0.6 is 0 Å². The lowest BCUT2D eigenvalue weighted by Gasteiger charge is -2.14. The number of carbonyl (C=O) groups is 1. The van der Waals surface area contributed by atoms with Gasteiger partial charge in [0.1, 0.15) is 5.75 Å². The second-order valence-corrected chi connectivity index (χ2v) is 3.40. The van der Waals surface area contributed by atoms with Crippen LogP contribution < -0.4 is 4.74 Å². The molecule has 16 heavy (non-hydrogen) atoms.